The Labute approximate surface area is 149 Å². The maximum atomic E-state index is 13.0. The van der Waals surface area contributed by atoms with Crippen molar-refractivity contribution in [3.05, 3.63) is 29.7 Å². The zero-order valence-electron chi connectivity index (χ0n) is 15.6. The van der Waals surface area contributed by atoms with E-state index < -0.39 is 0 Å². The summed E-state index contributed by atoms with van der Waals surface area (Å²) >= 11 is 0. The average molecular weight is 343 g/mol. The van der Waals surface area contributed by atoms with E-state index in [0.29, 0.717) is 17.3 Å². The molecule has 1 amide bonds. The van der Waals surface area contributed by atoms with Gasteiger partial charge in [-0.25, -0.2) is 9.50 Å². The van der Waals surface area contributed by atoms with Crippen molar-refractivity contribution < 1.29 is 4.79 Å². The molecule has 136 valence electrons. The lowest BCUT2D eigenvalue weighted by Gasteiger charge is -2.23. The lowest BCUT2D eigenvalue weighted by molar-refractivity contribution is 0.0732. The highest BCUT2D eigenvalue weighted by Crippen LogP contribution is 2.24. The molecule has 0 aromatic carbocycles. The maximum absolute atomic E-state index is 13.0. The van der Waals surface area contributed by atoms with Gasteiger partial charge >= 0.3 is 0 Å². The fourth-order valence-corrected chi connectivity index (χ4v) is 3.74. The number of likely N-dealkylation sites (tertiary alicyclic amines) is 1. The van der Waals surface area contributed by atoms with Crippen molar-refractivity contribution in [3.63, 3.8) is 0 Å². The summed E-state index contributed by atoms with van der Waals surface area (Å²) in [5, 5.41) is 4.39. The zero-order valence-corrected chi connectivity index (χ0v) is 15.6. The van der Waals surface area contributed by atoms with E-state index in [0.717, 1.165) is 57.4 Å². The smallest absolute Gasteiger partial charge is 0.259 e. The Kier molecular flexibility index (Phi) is 5.68. The first-order valence-electron chi connectivity index (χ1n) is 9.53. The van der Waals surface area contributed by atoms with Crippen molar-refractivity contribution in [3.8, 4) is 0 Å². The molecule has 0 saturated carbocycles. The third-order valence-electron chi connectivity index (χ3n) is 5.20. The van der Waals surface area contributed by atoms with Crippen molar-refractivity contribution in [1.29, 1.82) is 0 Å². The first-order valence-corrected chi connectivity index (χ1v) is 9.53. The van der Waals surface area contributed by atoms with Crippen LogP contribution in [0.4, 0.5) is 0 Å². The summed E-state index contributed by atoms with van der Waals surface area (Å²) in [5.41, 5.74) is 2.40. The Hall–Kier alpha value is -1.95. The number of hydrogen-bond acceptors (Lipinski definition) is 4. The predicted octanol–water partition coefficient (Wildman–Crippen LogP) is 2.98. The SMILES string of the molecule is CCC[C@H]1CCCN1C(=O)c1cnn2cc(CN(CC)CC)cnc12. The van der Waals surface area contributed by atoms with Crippen LogP contribution in [0.25, 0.3) is 5.65 Å². The van der Waals surface area contributed by atoms with Crippen LogP contribution in [0.5, 0.6) is 0 Å². The molecule has 0 bridgehead atoms. The number of fused-ring (bicyclic) bond motifs is 1. The molecule has 1 aliphatic heterocycles. The molecule has 2 aromatic heterocycles. The molecule has 0 spiro atoms. The lowest BCUT2D eigenvalue weighted by atomic mass is 10.1. The standard InChI is InChI=1S/C19H29N5O/c1-4-8-16-9-7-10-23(16)19(25)17-12-21-24-14-15(11-20-18(17)24)13-22(5-2)6-3/h11-12,14,16H,4-10,13H2,1-3H3/t16-/m0/s1. The van der Waals surface area contributed by atoms with Crippen LogP contribution in [0.3, 0.4) is 0 Å². The number of carbonyl (C=O) groups is 1. The molecule has 0 N–H and O–H groups in total. The average Bonchev–Trinajstić information content (AvgIpc) is 3.26. The molecule has 25 heavy (non-hydrogen) atoms. The number of rotatable bonds is 7. The summed E-state index contributed by atoms with van der Waals surface area (Å²) in [4.78, 5) is 21.9. The largest absolute Gasteiger partial charge is 0.335 e. The Bertz CT molecular complexity index is 722. The Morgan fingerprint density at radius 3 is 2.80 bits per heavy atom. The third kappa shape index (κ3) is 3.68. The van der Waals surface area contributed by atoms with E-state index in [2.05, 4.69) is 35.8 Å². The molecule has 2 aromatic rings. The number of nitrogens with zero attached hydrogens (tertiary/aromatic N) is 5. The second-order valence-corrected chi connectivity index (χ2v) is 6.83. The Morgan fingerprint density at radius 1 is 1.28 bits per heavy atom. The molecule has 0 unspecified atom stereocenters. The molecule has 1 aliphatic rings. The van der Waals surface area contributed by atoms with Gasteiger partial charge in [0.25, 0.3) is 5.91 Å². The van der Waals surface area contributed by atoms with Gasteiger partial charge in [0.2, 0.25) is 0 Å². The minimum absolute atomic E-state index is 0.0787. The van der Waals surface area contributed by atoms with Crippen LogP contribution < -0.4 is 0 Å². The van der Waals surface area contributed by atoms with Gasteiger partial charge in [0.1, 0.15) is 5.56 Å². The van der Waals surface area contributed by atoms with Gasteiger partial charge in [-0.2, -0.15) is 5.10 Å². The fourth-order valence-electron chi connectivity index (χ4n) is 3.74. The van der Waals surface area contributed by atoms with Crippen LogP contribution >= 0.6 is 0 Å². The molecular weight excluding hydrogens is 314 g/mol. The second-order valence-electron chi connectivity index (χ2n) is 6.83. The number of aromatic nitrogens is 3. The quantitative estimate of drug-likeness (QED) is 0.775. The summed E-state index contributed by atoms with van der Waals surface area (Å²) in [6.07, 6.45) is 9.93. The zero-order chi connectivity index (χ0) is 17.8. The van der Waals surface area contributed by atoms with Gasteiger partial charge in [-0.1, -0.05) is 27.2 Å². The molecule has 6 heteroatoms. The van der Waals surface area contributed by atoms with Crippen molar-refractivity contribution >= 4 is 11.6 Å². The first-order chi connectivity index (χ1) is 12.2. The normalized spacial score (nSPS) is 17.8. The van der Waals surface area contributed by atoms with Gasteiger partial charge in [0, 0.05) is 37.1 Å². The highest BCUT2D eigenvalue weighted by molar-refractivity contribution is 5.99. The van der Waals surface area contributed by atoms with Crippen molar-refractivity contribution in [2.75, 3.05) is 19.6 Å². The van der Waals surface area contributed by atoms with Crippen LogP contribution in [0, 0.1) is 0 Å². The molecule has 1 saturated heterocycles. The van der Waals surface area contributed by atoms with Gasteiger partial charge in [0.05, 0.1) is 6.20 Å². The second kappa shape index (κ2) is 7.95. The highest BCUT2D eigenvalue weighted by atomic mass is 16.2. The summed E-state index contributed by atoms with van der Waals surface area (Å²) in [6.45, 7) is 10.2. The predicted molar refractivity (Wildman–Crippen MR) is 98.6 cm³/mol. The molecule has 3 rings (SSSR count). The van der Waals surface area contributed by atoms with Crippen LogP contribution in [0.1, 0.15) is 62.4 Å². The molecule has 6 nitrogen and oxygen atoms in total. The minimum atomic E-state index is 0.0787. The lowest BCUT2D eigenvalue weighted by Crippen LogP contribution is -2.35. The van der Waals surface area contributed by atoms with Gasteiger partial charge in [-0.15, -0.1) is 0 Å². The van der Waals surface area contributed by atoms with Gasteiger partial charge in [-0.05, 0) is 32.4 Å². The van der Waals surface area contributed by atoms with Crippen LogP contribution in [0.15, 0.2) is 18.6 Å². The highest BCUT2D eigenvalue weighted by Gasteiger charge is 2.30. The number of amides is 1. The monoisotopic (exact) mass is 343 g/mol. The van der Waals surface area contributed by atoms with Gasteiger partial charge in [-0.3, -0.25) is 9.69 Å². The van der Waals surface area contributed by atoms with E-state index in [4.69, 9.17) is 0 Å². The van der Waals surface area contributed by atoms with E-state index in [1.807, 2.05) is 17.3 Å². The van der Waals surface area contributed by atoms with Crippen molar-refractivity contribution in [2.45, 2.75) is 59.0 Å². The molecule has 1 atom stereocenters. The van der Waals surface area contributed by atoms with E-state index in [9.17, 15) is 4.79 Å². The van der Waals surface area contributed by atoms with Gasteiger partial charge in [0.15, 0.2) is 5.65 Å². The van der Waals surface area contributed by atoms with Crippen molar-refractivity contribution in [2.24, 2.45) is 0 Å². The third-order valence-corrected chi connectivity index (χ3v) is 5.20. The first kappa shape index (κ1) is 17.9. The summed E-state index contributed by atoms with van der Waals surface area (Å²) in [6, 6.07) is 0.370. The van der Waals surface area contributed by atoms with Crippen molar-refractivity contribution in [1.82, 2.24) is 24.4 Å². The molecule has 1 fully saturated rings. The fraction of sp³-hybridized carbons (Fsp3) is 0.632. The van der Waals surface area contributed by atoms with Crippen LogP contribution in [-0.4, -0.2) is 56.0 Å². The topological polar surface area (TPSA) is 53.7 Å². The van der Waals surface area contributed by atoms with E-state index in [-0.39, 0.29) is 5.91 Å². The summed E-state index contributed by atoms with van der Waals surface area (Å²) in [5.74, 6) is 0.0787. The molecule has 0 aliphatic carbocycles. The maximum Gasteiger partial charge on any atom is 0.259 e. The van der Waals surface area contributed by atoms with Crippen LogP contribution in [-0.2, 0) is 6.54 Å². The Morgan fingerprint density at radius 2 is 2.08 bits per heavy atom. The summed E-state index contributed by atoms with van der Waals surface area (Å²) in [7, 11) is 0. The van der Waals surface area contributed by atoms with E-state index in [1.165, 1.54) is 0 Å². The molecule has 3 heterocycles. The minimum Gasteiger partial charge on any atom is -0.335 e. The molecular formula is C19H29N5O. The number of carbonyl (C=O) groups excluding carboxylic acids is 1. The molecule has 0 radical (unpaired) electrons. The Balaban J connectivity index is 1.82. The van der Waals surface area contributed by atoms with Gasteiger partial charge < -0.3 is 4.90 Å². The number of hydrogen-bond donors (Lipinski definition) is 0. The van der Waals surface area contributed by atoms with E-state index in [1.54, 1.807) is 10.7 Å². The van der Waals surface area contributed by atoms with E-state index >= 15 is 0 Å². The summed E-state index contributed by atoms with van der Waals surface area (Å²) < 4.78 is 1.75. The van der Waals surface area contributed by atoms with Crippen LogP contribution in [0.2, 0.25) is 0 Å².